The minimum absolute atomic E-state index is 0.0153. The molecule has 25 heavy (non-hydrogen) atoms. The number of nitrogens with one attached hydrogen (secondary N) is 2. The van der Waals surface area contributed by atoms with Crippen LogP contribution < -0.4 is 10.0 Å². The Kier molecular flexibility index (Phi) is 4.59. The average Bonchev–Trinajstić information content (AvgIpc) is 2.56. The quantitative estimate of drug-likeness (QED) is 0.590. The number of sulfonamides is 1. The lowest BCUT2D eigenvalue weighted by atomic mass is 9.95. The highest BCUT2D eigenvalue weighted by atomic mass is 32.2. The molecule has 1 aliphatic rings. The van der Waals surface area contributed by atoms with E-state index in [1.807, 2.05) is 19.0 Å². The third-order valence-corrected chi connectivity index (χ3v) is 5.49. The zero-order valence-corrected chi connectivity index (χ0v) is 14.8. The van der Waals surface area contributed by atoms with Crippen molar-refractivity contribution in [2.24, 2.45) is 0 Å². The van der Waals surface area contributed by atoms with E-state index in [9.17, 15) is 18.0 Å². The molecule has 2 aromatic carbocycles. The van der Waals surface area contributed by atoms with E-state index in [0.29, 0.717) is 29.3 Å². The molecule has 1 aliphatic heterocycles. The van der Waals surface area contributed by atoms with E-state index < -0.39 is 21.8 Å². The summed E-state index contributed by atoms with van der Waals surface area (Å²) in [7, 11) is 0.0921. The SMILES string of the molecule is CN(C)CCCNS(=O)(=O)c1cc2c3c(cccc3c1)C(=O)NC2=O. The van der Waals surface area contributed by atoms with Crippen molar-refractivity contribution < 1.29 is 18.0 Å². The van der Waals surface area contributed by atoms with Crippen molar-refractivity contribution in [1.82, 2.24) is 14.9 Å². The first-order valence-electron chi connectivity index (χ1n) is 7.86. The molecule has 1 heterocycles. The Morgan fingerprint density at radius 2 is 1.80 bits per heavy atom. The van der Waals surface area contributed by atoms with Gasteiger partial charge in [0, 0.05) is 23.1 Å². The number of benzene rings is 2. The Labute approximate surface area is 146 Å². The van der Waals surface area contributed by atoms with Gasteiger partial charge in [0.1, 0.15) is 0 Å². The second-order valence-corrected chi connectivity index (χ2v) is 7.98. The van der Waals surface area contributed by atoms with Crippen molar-refractivity contribution in [3.8, 4) is 0 Å². The first-order chi connectivity index (χ1) is 11.8. The predicted octanol–water partition coefficient (Wildman–Crippen LogP) is 0.953. The fourth-order valence-electron chi connectivity index (χ4n) is 2.85. The highest BCUT2D eigenvalue weighted by Gasteiger charge is 2.27. The third kappa shape index (κ3) is 3.41. The van der Waals surface area contributed by atoms with Crippen LogP contribution >= 0.6 is 0 Å². The van der Waals surface area contributed by atoms with Crippen LogP contribution in [0.3, 0.4) is 0 Å². The summed E-state index contributed by atoms with van der Waals surface area (Å²) < 4.78 is 27.6. The maximum absolute atomic E-state index is 12.5. The second kappa shape index (κ2) is 6.55. The molecule has 0 atom stereocenters. The molecule has 0 aliphatic carbocycles. The van der Waals surface area contributed by atoms with Gasteiger partial charge < -0.3 is 4.90 Å². The van der Waals surface area contributed by atoms with Gasteiger partial charge in [-0.2, -0.15) is 0 Å². The molecule has 2 amide bonds. The Morgan fingerprint density at radius 1 is 1.08 bits per heavy atom. The molecule has 0 saturated carbocycles. The molecule has 132 valence electrons. The molecular formula is C17H19N3O4S. The molecule has 0 saturated heterocycles. The summed E-state index contributed by atoms with van der Waals surface area (Å²) in [4.78, 5) is 26.1. The van der Waals surface area contributed by atoms with E-state index in [0.717, 1.165) is 6.54 Å². The van der Waals surface area contributed by atoms with Crippen LogP contribution in [0.5, 0.6) is 0 Å². The van der Waals surface area contributed by atoms with Crippen molar-refractivity contribution in [3.05, 3.63) is 41.5 Å². The Morgan fingerprint density at radius 3 is 2.52 bits per heavy atom. The summed E-state index contributed by atoms with van der Waals surface area (Å²) in [6.45, 7) is 1.07. The summed E-state index contributed by atoms with van der Waals surface area (Å²) in [6, 6.07) is 7.78. The van der Waals surface area contributed by atoms with Gasteiger partial charge in [0.25, 0.3) is 11.8 Å². The van der Waals surface area contributed by atoms with Crippen LogP contribution in [0, 0.1) is 0 Å². The van der Waals surface area contributed by atoms with Crippen LogP contribution in [0.1, 0.15) is 27.1 Å². The van der Waals surface area contributed by atoms with Crippen LogP contribution in [-0.4, -0.2) is 52.3 Å². The first-order valence-corrected chi connectivity index (χ1v) is 9.35. The number of hydrogen-bond acceptors (Lipinski definition) is 5. The zero-order valence-electron chi connectivity index (χ0n) is 14.0. The largest absolute Gasteiger partial charge is 0.309 e. The molecule has 3 rings (SSSR count). The van der Waals surface area contributed by atoms with Gasteiger partial charge in [-0.15, -0.1) is 0 Å². The van der Waals surface area contributed by atoms with Gasteiger partial charge in [-0.1, -0.05) is 12.1 Å². The summed E-state index contributed by atoms with van der Waals surface area (Å²) in [5.74, 6) is -1.06. The maximum atomic E-state index is 12.5. The van der Waals surface area contributed by atoms with Gasteiger partial charge >= 0.3 is 0 Å². The summed E-state index contributed by atoms with van der Waals surface area (Å²) >= 11 is 0. The normalized spacial score (nSPS) is 14.2. The van der Waals surface area contributed by atoms with Crippen molar-refractivity contribution in [2.75, 3.05) is 27.2 Å². The number of nitrogens with zero attached hydrogens (tertiary/aromatic N) is 1. The zero-order chi connectivity index (χ0) is 18.2. The van der Waals surface area contributed by atoms with Crippen LogP contribution in [0.4, 0.5) is 0 Å². The third-order valence-electron chi connectivity index (χ3n) is 4.05. The molecule has 0 bridgehead atoms. The molecule has 0 aromatic heterocycles. The number of hydrogen-bond donors (Lipinski definition) is 2. The minimum atomic E-state index is -3.74. The lowest BCUT2D eigenvalue weighted by Gasteiger charge is -2.18. The summed E-state index contributed by atoms with van der Waals surface area (Å²) in [6.07, 6.45) is 0.672. The van der Waals surface area contributed by atoms with Gasteiger partial charge in [-0.05, 0) is 50.6 Å². The van der Waals surface area contributed by atoms with E-state index in [-0.39, 0.29) is 10.5 Å². The standard InChI is InChI=1S/C17H19N3O4S/c1-20(2)8-4-7-18-25(23,24)12-9-11-5-3-6-13-15(11)14(10-12)17(22)19-16(13)21/h3,5-6,9-10,18H,4,7-8H2,1-2H3,(H,19,21,22). The van der Waals surface area contributed by atoms with Gasteiger partial charge in [0.15, 0.2) is 0 Å². The van der Waals surface area contributed by atoms with Crippen LogP contribution in [0.2, 0.25) is 0 Å². The molecule has 7 nitrogen and oxygen atoms in total. The molecule has 2 aromatic rings. The van der Waals surface area contributed by atoms with Crippen molar-refractivity contribution in [2.45, 2.75) is 11.3 Å². The van der Waals surface area contributed by atoms with Crippen molar-refractivity contribution in [1.29, 1.82) is 0 Å². The molecule has 8 heteroatoms. The van der Waals surface area contributed by atoms with E-state index in [2.05, 4.69) is 10.0 Å². The molecule has 0 spiro atoms. The van der Waals surface area contributed by atoms with Crippen LogP contribution in [0.15, 0.2) is 35.2 Å². The number of amides is 2. The molecule has 0 radical (unpaired) electrons. The fraction of sp³-hybridized carbons (Fsp3) is 0.294. The number of imide groups is 1. The lowest BCUT2D eigenvalue weighted by molar-refractivity contribution is 0.0845. The molecule has 2 N–H and O–H groups in total. The Hall–Kier alpha value is -2.29. The van der Waals surface area contributed by atoms with E-state index in [1.165, 1.54) is 12.1 Å². The van der Waals surface area contributed by atoms with Gasteiger partial charge in [-0.3, -0.25) is 14.9 Å². The average molecular weight is 361 g/mol. The monoisotopic (exact) mass is 361 g/mol. The van der Waals surface area contributed by atoms with Crippen LogP contribution in [0.25, 0.3) is 10.8 Å². The molecule has 0 fully saturated rings. The van der Waals surface area contributed by atoms with E-state index >= 15 is 0 Å². The molecule has 0 unspecified atom stereocenters. The summed E-state index contributed by atoms with van der Waals surface area (Å²) in [5.41, 5.74) is 0.566. The Balaban J connectivity index is 1.99. The molecular weight excluding hydrogens is 342 g/mol. The fourth-order valence-corrected chi connectivity index (χ4v) is 3.98. The van der Waals surface area contributed by atoms with Gasteiger partial charge in [-0.25, -0.2) is 13.1 Å². The van der Waals surface area contributed by atoms with Gasteiger partial charge in [0.05, 0.1) is 4.90 Å². The smallest absolute Gasteiger partial charge is 0.258 e. The highest BCUT2D eigenvalue weighted by Crippen LogP contribution is 2.29. The first kappa shape index (κ1) is 17.5. The van der Waals surface area contributed by atoms with E-state index in [1.54, 1.807) is 18.2 Å². The van der Waals surface area contributed by atoms with Crippen molar-refractivity contribution in [3.63, 3.8) is 0 Å². The predicted molar refractivity (Wildman–Crippen MR) is 94.1 cm³/mol. The highest BCUT2D eigenvalue weighted by molar-refractivity contribution is 7.89. The Bertz CT molecular complexity index is 967. The number of carbonyl (C=O) groups is 2. The lowest BCUT2D eigenvalue weighted by Crippen LogP contribution is -2.35. The minimum Gasteiger partial charge on any atom is -0.309 e. The van der Waals surface area contributed by atoms with E-state index in [4.69, 9.17) is 0 Å². The number of rotatable bonds is 6. The van der Waals surface area contributed by atoms with Gasteiger partial charge in [0.2, 0.25) is 10.0 Å². The second-order valence-electron chi connectivity index (χ2n) is 6.21. The number of carbonyl (C=O) groups excluding carboxylic acids is 2. The van der Waals surface area contributed by atoms with Crippen molar-refractivity contribution >= 4 is 32.6 Å². The van der Waals surface area contributed by atoms with Crippen LogP contribution in [-0.2, 0) is 10.0 Å². The summed E-state index contributed by atoms with van der Waals surface area (Å²) in [5, 5.41) is 3.28. The maximum Gasteiger partial charge on any atom is 0.258 e. The topological polar surface area (TPSA) is 95.6 Å².